The highest BCUT2D eigenvalue weighted by molar-refractivity contribution is 5.71. The van der Waals surface area contributed by atoms with Gasteiger partial charge in [0.15, 0.2) is 6.10 Å². The number of rotatable bonds is 55. The summed E-state index contributed by atoms with van der Waals surface area (Å²) in [4.78, 5) is 38.2. The van der Waals surface area contributed by atoms with Gasteiger partial charge in [-0.05, 0) is 44.9 Å². The minimum atomic E-state index is -0.765. The van der Waals surface area contributed by atoms with Crippen LogP contribution in [0.1, 0.15) is 335 Å². The van der Waals surface area contributed by atoms with E-state index in [1.165, 1.54) is 238 Å². The summed E-state index contributed by atoms with van der Waals surface area (Å²) in [7, 11) is 0. The van der Waals surface area contributed by atoms with Crippen molar-refractivity contribution in [3.05, 3.63) is 12.2 Å². The summed E-state index contributed by atoms with van der Waals surface area (Å²) in [5.41, 5.74) is 0. The summed E-state index contributed by atoms with van der Waals surface area (Å²) >= 11 is 0. The fourth-order valence-electron chi connectivity index (χ4n) is 9.03. The third-order valence-corrected chi connectivity index (χ3v) is 13.5. The second-order valence-corrected chi connectivity index (χ2v) is 20.3. The molecule has 0 aromatic rings. The first-order valence-corrected chi connectivity index (χ1v) is 29.7. The Balaban J connectivity index is 4.29. The lowest BCUT2D eigenvalue weighted by Gasteiger charge is -2.18. The van der Waals surface area contributed by atoms with Crippen LogP contribution in [0.2, 0.25) is 0 Å². The van der Waals surface area contributed by atoms with Crippen molar-refractivity contribution >= 4 is 17.9 Å². The second-order valence-electron chi connectivity index (χ2n) is 20.3. The van der Waals surface area contributed by atoms with Crippen molar-refractivity contribution in [2.45, 2.75) is 341 Å². The van der Waals surface area contributed by atoms with E-state index in [2.05, 4.69) is 32.9 Å². The van der Waals surface area contributed by atoms with E-state index in [1.54, 1.807) is 0 Å². The molecule has 0 bridgehead atoms. The zero-order valence-corrected chi connectivity index (χ0v) is 44.7. The predicted molar refractivity (Wildman–Crippen MR) is 284 cm³/mol. The number of carbonyl (C=O) groups is 3. The Kier molecular flexibility index (Phi) is 54.2. The van der Waals surface area contributed by atoms with Crippen LogP contribution < -0.4 is 0 Å². The van der Waals surface area contributed by atoms with Gasteiger partial charge in [-0.25, -0.2) is 0 Å². The number of carbonyl (C=O) groups excluding carboxylic acids is 3. The molecule has 0 aliphatic rings. The number of allylic oxidation sites excluding steroid dienone is 2. The van der Waals surface area contributed by atoms with Crippen LogP contribution in [-0.4, -0.2) is 37.2 Å². The van der Waals surface area contributed by atoms with Gasteiger partial charge in [0, 0.05) is 19.3 Å². The van der Waals surface area contributed by atoms with Crippen LogP contribution in [0.3, 0.4) is 0 Å². The van der Waals surface area contributed by atoms with Crippen LogP contribution in [-0.2, 0) is 28.6 Å². The zero-order chi connectivity index (χ0) is 47.9. The van der Waals surface area contributed by atoms with E-state index in [9.17, 15) is 14.4 Å². The molecule has 0 unspecified atom stereocenters. The molecule has 1 atom stereocenters. The molecule has 0 amide bonds. The Bertz CT molecular complexity index is 1020. The Morgan fingerprint density at radius 3 is 0.758 bits per heavy atom. The number of ether oxygens (including phenoxy) is 3. The van der Waals surface area contributed by atoms with Crippen LogP contribution in [0, 0.1) is 0 Å². The number of unbranched alkanes of at least 4 members (excludes halogenated alkanes) is 42. The van der Waals surface area contributed by atoms with Gasteiger partial charge < -0.3 is 14.2 Å². The van der Waals surface area contributed by atoms with Crippen molar-refractivity contribution in [3.8, 4) is 0 Å². The van der Waals surface area contributed by atoms with Crippen molar-refractivity contribution in [3.63, 3.8) is 0 Å². The molecule has 0 aliphatic carbocycles. The molecule has 0 rings (SSSR count). The molecule has 0 radical (unpaired) electrons. The van der Waals surface area contributed by atoms with Gasteiger partial charge in [0.25, 0.3) is 0 Å². The molecule has 0 N–H and O–H groups in total. The highest BCUT2D eigenvalue weighted by atomic mass is 16.6. The quantitative estimate of drug-likeness (QED) is 0.0262. The molecular formula is C60H114O6. The maximum atomic E-state index is 12.9. The first-order valence-electron chi connectivity index (χ1n) is 29.7. The molecule has 0 saturated carbocycles. The van der Waals surface area contributed by atoms with Crippen LogP contribution in [0.5, 0.6) is 0 Å². The van der Waals surface area contributed by atoms with E-state index in [1.807, 2.05) is 0 Å². The molecular weight excluding hydrogens is 817 g/mol. The Hall–Kier alpha value is -1.85. The van der Waals surface area contributed by atoms with E-state index in [0.717, 1.165) is 57.8 Å². The standard InChI is InChI=1S/C60H114O6/c1-4-7-10-13-16-19-22-25-27-29-30-31-33-35-38-41-44-47-50-53-59(62)65-56-57(55-64-58(61)52-49-46-43-40-37-34-24-21-18-15-12-9-6-3)66-60(63)54-51-48-45-42-39-36-32-28-26-23-20-17-14-11-8-5-2/h25,27,57H,4-24,26,28-56H2,1-3H3/b27-25+/t57-/m1/s1. The molecule has 0 heterocycles. The largest absolute Gasteiger partial charge is 0.462 e. The molecule has 0 saturated heterocycles. The summed E-state index contributed by atoms with van der Waals surface area (Å²) in [5.74, 6) is -0.840. The normalized spacial score (nSPS) is 12.0. The summed E-state index contributed by atoms with van der Waals surface area (Å²) in [6.45, 7) is 6.69. The number of hydrogen-bond acceptors (Lipinski definition) is 6. The van der Waals surface area contributed by atoms with Gasteiger partial charge in [-0.3, -0.25) is 14.4 Å². The highest BCUT2D eigenvalue weighted by Gasteiger charge is 2.19. The van der Waals surface area contributed by atoms with Crippen LogP contribution >= 0.6 is 0 Å². The summed E-state index contributed by atoms with van der Waals surface area (Å²) < 4.78 is 16.9. The predicted octanol–water partition coefficient (Wildman–Crippen LogP) is 19.7. The average Bonchev–Trinajstić information content (AvgIpc) is 3.31. The van der Waals surface area contributed by atoms with Gasteiger partial charge in [0.2, 0.25) is 0 Å². The lowest BCUT2D eigenvalue weighted by molar-refractivity contribution is -0.167. The van der Waals surface area contributed by atoms with Crippen molar-refractivity contribution < 1.29 is 28.6 Å². The molecule has 0 spiro atoms. The molecule has 0 fully saturated rings. The lowest BCUT2D eigenvalue weighted by atomic mass is 10.0. The van der Waals surface area contributed by atoms with E-state index in [-0.39, 0.29) is 31.1 Å². The third kappa shape index (κ3) is 53.1. The van der Waals surface area contributed by atoms with E-state index < -0.39 is 6.10 Å². The van der Waals surface area contributed by atoms with Crippen molar-refractivity contribution in [1.29, 1.82) is 0 Å². The van der Waals surface area contributed by atoms with Crippen molar-refractivity contribution in [2.24, 2.45) is 0 Å². The Labute approximate surface area is 411 Å². The van der Waals surface area contributed by atoms with Gasteiger partial charge in [-0.2, -0.15) is 0 Å². The minimum absolute atomic E-state index is 0.0643. The summed E-state index contributed by atoms with van der Waals surface area (Å²) in [6.07, 6.45) is 63.4. The van der Waals surface area contributed by atoms with E-state index in [0.29, 0.717) is 19.3 Å². The minimum Gasteiger partial charge on any atom is -0.462 e. The van der Waals surface area contributed by atoms with E-state index >= 15 is 0 Å². The average molecular weight is 932 g/mol. The smallest absolute Gasteiger partial charge is 0.306 e. The van der Waals surface area contributed by atoms with Crippen molar-refractivity contribution in [2.75, 3.05) is 13.2 Å². The van der Waals surface area contributed by atoms with Gasteiger partial charge >= 0.3 is 17.9 Å². The molecule has 66 heavy (non-hydrogen) atoms. The fraction of sp³-hybridized carbons (Fsp3) is 0.917. The van der Waals surface area contributed by atoms with Crippen LogP contribution in [0.4, 0.5) is 0 Å². The van der Waals surface area contributed by atoms with Crippen LogP contribution in [0.15, 0.2) is 12.2 Å². The summed E-state index contributed by atoms with van der Waals surface area (Å²) in [5, 5.41) is 0. The Morgan fingerprint density at radius 2 is 0.500 bits per heavy atom. The maximum absolute atomic E-state index is 12.9. The number of esters is 3. The van der Waals surface area contributed by atoms with Crippen molar-refractivity contribution in [1.82, 2.24) is 0 Å². The van der Waals surface area contributed by atoms with E-state index in [4.69, 9.17) is 14.2 Å². The fourth-order valence-corrected chi connectivity index (χ4v) is 9.03. The van der Waals surface area contributed by atoms with Gasteiger partial charge in [0.05, 0.1) is 0 Å². The third-order valence-electron chi connectivity index (χ3n) is 13.5. The zero-order valence-electron chi connectivity index (χ0n) is 44.7. The molecule has 6 heteroatoms. The monoisotopic (exact) mass is 931 g/mol. The molecule has 6 nitrogen and oxygen atoms in total. The second kappa shape index (κ2) is 55.7. The SMILES string of the molecule is CCCCCCCC/C=C/CCCCCCCCCCCC(=O)OC[C@@H](COC(=O)CCCCCCCCCCCCCCC)OC(=O)CCCCCCCCCCCCCCCCCC. The van der Waals surface area contributed by atoms with Crippen LogP contribution in [0.25, 0.3) is 0 Å². The van der Waals surface area contributed by atoms with Gasteiger partial charge in [-0.1, -0.05) is 283 Å². The molecule has 0 aromatic heterocycles. The first-order chi connectivity index (χ1) is 32.5. The topological polar surface area (TPSA) is 78.9 Å². The summed E-state index contributed by atoms with van der Waals surface area (Å²) in [6, 6.07) is 0. The maximum Gasteiger partial charge on any atom is 0.306 e. The van der Waals surface area contributed by atoms with Gasteiger partial charge in [-0.15, -0.1) is 0 Å². The Morgan fingerprint density at radius 1 is 0.288 bits per heavy atom. The first kappa shape index (κ1) is 64.2. The molecule has 0 aromatic carbocycles. The van der Waals surface area contributed by atoms with Gasteiger partial charge in [0.1, 0.15) is 13.2 Å². The highest BCUT2D eigenvalue weighted by Crippen LogP contribution is 2.17. The number of hydrogen-bond donors (Lipinski definition) is 0. The molecule has 0 aliphatic heterocycles. The molecule has 390 valence electrons. The lowest BCUT2D eigenvalue weighted by Crippen LogP contribution is -2.30.